The second-order valence-electron chi connectivity index (χ2n) is 10.2. The van der Waals surface area contributed by atoms with E-state index in [-0.39, 0.29) is 19.3 Å². The number of aliphatic hydroxyl groups is 2. The minimum Gasteiger partial charge on any atom is -0.481 e. The Kier molecular flexibility index (Phi) is 18.1. The van der Waals surface area contributed by atoms with Gasteiger partial charge in [-0.25, -0.2) is 5.84 Å². The predicted molar refractivity (Wildman–Crippen MR) is 151 cm³/mol. The molecular formula is C25H48N8O9. The number of carbonyl (C=O) groups is 6. The normalized spacial score (nSPS) is 16.8. The third kappa shape index (κ3) is 13.5. The lowest BCUT2D eigenvalue weighted by atomic mass is 9.96. The molecule has 0 bridgehead atoms. The van der Waals surface area contributed by atoms with Gasteiger partial charge in [0.05, 0.1) is 18.2 Å². The van der Waals surface area contributed by atoms with E-state index in [9.17, 15) is 39.0 Å². The summed E-state index contributed by atoms with van der Waals surface area (Å²) in [5.74, 6) is -0.681. The molecule has 0 aliphatic rings. The van der Waals surface area contributed by atoms with Crippen LogP contribution in [0.5, 0.6) is 0 Å². The number of nitrogens with two attached hydrogens (primary N) is 3. The van der Waals surface area contributed by atoms with Crippen molar-refractivity contribution in [2.45, 2.75) is 109 Å². The number of carboxylic acid groups (broad SMARTS) is 1. The van der Waals surface area contributed by atoms with E-state index >= 15 is 0 Å². The third-order valence-electron chi connectivity index (χ3n) is 6.65. The molecule has 0 aromatic heterocycles. The maximum Gasteiger partial charge on any atom is 0.303 e. The predicted octanol–water partition coefficient (Wildman–Crippen LogP) is -3.96. The molecule has 5 amide bonds. The van der Waals surface area contributed by atoms with Crippen LogP contribution in [0.4, 0.5) is 0 Å². The fourth-order valence-corrected chi connectivity index (χ4v) is 3.79. The molecule has 0 fully saturated rings. The molecule has 0 heterocycles. The van der Waals surface area contributed by atoms with Crippen molar-refractivity contribution in [2.24, 2.45) is 23.2 Å². The molecule has 0 spiro atoms. The minimum atomic E-state index is -1.62. The third-order valence-corrected chi connectivity index (χ3v) is 6.65. The van der Waals surface area contributed by atoms with Gasteiger partial charge in [-0.1, -0.05) is 20.3 Å². The van der Waals surface area contributed by atoms with Crippen molar-refractivity contribution in [1.82, 2.24) is 26.7 Å². The van der Waals surface area contributed by atoms with E-state index in [4.69, 9.17) is 22.4 Å². The molecule has 242 valence electrons. The van der Waals surface area contributed by atoms with Crippen molar-refractivity contribution >= 4 is 35.5 Å². The van der Waals surface area contributed by atoms with Gasteiger partial charge in [0.15, 0.2) is 0 Å². The Labute approximate surface area is 245 Å². The van der Waals surface area contributed by atoms with Crippen LogP contribution in [0, 0.1) is 5.92 Å². The molecule has 0 aromatic rings. The number of aliphatic carboxylic acids is 1. The molecule has 0 aliphatic carbocycles. The highest BCUT2D eigenvalue weighted by molar-refractivity contribution is 5.96. The maximum absolute atomic E-state index is 13.2. The Hall–Kier alpha value is -3.38. The largest absolute Gasteiger partial charge is 0.481 e. The van der Waals surface area contributed by atoms with Gasteiger partial charge < -0.3 is 48.1 Å². The summed E-state index contributed by atoms with van der Waals surface area (Å²) in [7, 11) is 0. The van der Waals surface area contributed by atoms with Gasteiger partial charge in [0.1, 0.15) is 24.2 Å². The van der Waals surface area contributed by atoms with Crippen LogP contribution in [-0.4, -0.2) is 99.8 Å². The van der Waals surface area contributed by atoms with Gasteiger partial charge >= 0.3 is 5.97 Å². The first kappa shape index (κ1) is 38.6. The number of hydrazine groups is 1. The minimum absolute atomic E-state index is 0.168. The molecule has 17 nitrogen and oxygen atoms in total. The van der Waals surface area contributed by atoms with Crippen molar-refractivity contribution in [3.8, 4) is 0 Å². The van der Waals surface area contributed by atoms with Crippen LogP contribution >= 0.6 is 0 Å². The Bertz CT molecular complexity index is 918. The van der Waals surface area contributed by atoms with E-state index in [1.807, 2.05) is 5.43 Å². The van der Waals surface area contributed by atoms with Crippen LogP contribution in [0.15, 0.2) is 0 Å². The van der Waals surface area contributed by atoms with Crippen LogP contribution in [0.3, 0.4) is 0 Å². The first-order valence-electron chi connectivity index (χ1n) is 13.9. The fraction of sp³-hybridized carbons (Fsp3) is 0.760. The van der Waals surface area contributed by atoms with Crippen LogP contribution in [0.25, 0.3) is 0 Å². The topological polar surface area (TPSA) is 301 Å². The number of hydrogen-bond acceptors (Lipinski definition) is 11. The number of carboxylic acids is 1. The molecule has 8 atom stereocenters. The van der Waals surface area contributed by atoms with Gasteiger partial charge in [-0.15, -0.1) is 0 Å². The Morgan fingerprint density at radius 1 is 0.714 bits per heavy atom. The summed E-state index contributed by atoms with van der Waals surface area (Å²) < 4.78 is 0. The number of hydrogen-bond donors (Lipinski definition) is 11. The number of nitrogens with one attached hydrogen (secondary N) is 5. The average molecular weight is 605 g/mol. The molecule has 0 unspecified atom stereocenters. The molecule has 0 aliphatic heterocycles. The smallest absolute Gasteiger partial charge is 0.303 e. The zero-order valence-corrected chi connectivity index (χ0v) is 24.6. The molecule has 0 saturated carbocycles. The summed E-state index contributed by atoms with van der Waals surface area (Å²) in [4.78, 5) is 74.7. The van der Waals surface area contributed by atoms with E-state index in [0.29, 0.717) is 25.8 Å². The molecule has 42 heavy (non-hydrogen) atoms. The van der Waals surface area contributed by atoms with Gasteiger partial charge in [0.2, 0.25) is 23.6 Å². The molecule has 0 aromatic carbocycles. The Balaban J connectivity index is 5.72. The van der Waals surface area contributed by atoms with E-state index in [1.165, 1.54) is 13.8 Å². The van der Waals surface area contributed by atoms with Crippen LogP contribution in [0.2, 0.25) is 0 Å². The van der Waals surface area contributed by atoms with Crippen molar-refractivity contribution in [3.63, 3.8) is 0 Å². The zero-order chi connectivity index (χ0) is 32.6. The van der Waals surface area contributed by atoms with Crippen molar-refractivity contribution in [1.29, 1.82) is 0 Å². The molecular weight excluding hydrogens is 556 g/mol. The molecule has 0 radical (unpaired) electrons. The Morgan fingerprint density at radius 2 is 1.19 bits per heavy atom. The molecule has 17 heteroatoms. The molecule has 14 N–H and O–H groups in total. The van der Waals surface area contributed by atoms with Gasteiger partial charge in [-0.2, -0.15) is 0 Å². The summed E-state index contributed by atoms with van der Waals surface area (Å²) in [6, 6.07) is -6.70. The van der Waals surface area contributed by atoms with Crippen LogP contribution in [-0.2, 0) is 28.8 Å². The van der Waals surface area contributed by atoms with Crippen molar-refractivity contribution in [3.05, 3.63) is 0 Å². The summed E-state index contributed by atoms with van der Waals surface area (Å²) in [5.41, 5.74) is 13.2. The van der Waals surface area contributed by atoms with Crippen molar-refractivity contribution < 1.29 is 44.1 Å². The standard InChI is InChI=1S/C25H48N8O9/c1-5-12(2)18(30-21(38)15(27)9-10-17(36)37)23(40)31-20(14(4)35)25(42)32-19(13(3)34)24(41)29-16(22(39)33-28)8-6-7-11-26/h12-16,18-20,34-35H,5-11,26-28H2,1-4H3,(H,29,41)(H,30,38)(H,31,40)(H,32,42)(H,33,39)(H,36,37)/t12-,13+,14+,15-,16-,18-,19-,20-/m0/s1. The second-order valence-corrected chi connectivity index (χ2v) is 10.2. The SMILES string of the molecule is CC[C@H](C)[C@H](NC(=O)[C@@H](N)CCC(=O)O)C(=O)N[C@H](C(=O)N[C@H](C(=O)N[C@@H](CCCCN)C(=O)NN)[C@@H](C)O)[C@@H](C)O. The zero-order valence-electron chi connectivity index (χ0n) is 24.6. The first-order chi connectivity index (χ1) is 19.6. The first-order valence-corrected chi connectivity index (χ1v) is 13.9. The highest BCUT2D eigenvalue weighted by Gasteiger charge is 2.36. The fourth-order valence-electron chi connectivity index (χ4n) is 3.79. The summed E-state index contributed by atoms with van der Waals surface area (Å²) >= 11 is 0. The number of unbranched alkanes of at least 4 members (excludes halogenated alkanes) is 1. The average Bonchev–Trinajstić information content (AvgIpc) is 2.93. The van der Waals surface area contributed by atoms with Crippen molar-refractivity contribution in [2.75, 3.05) is 6.54 Å². The van der Waals surface area contributed by atoms with Gasteiger partial charge in [0.25, 0.3) is 5.91 Å². The number of carbonyl (C=O) groups excluding carboxylic acids is 5. The second kappa shape index (κ2) is 19.7. The van der Waals surface area contributed by atoms with E-state index < -0.39 is 83.8 Å². The summed E-state index contributed by atoms with van der Waals surface area (Å²) in [5, 5.41) is 38.8. The van der Waals surface area contributed by atoms with E-state index in [2.05, 4.69) is 21.3 Å². The summed E-state index contributed by atoms with van der Waals surface area (Å²) in [6.45, 7) is 6.19. The van der Waals surface area contributed by atoms with E-state index in [1.54, 1.807) is 13.8 Å². The van der Waals surface area contributed by atoms with Gasteiger partial charge in [-0.3, -0.25) is 34.2 Å². The highest BCUT2D eigenvalue weighted by atomic mass is 16.4. The number of rotatable bonds is 20. The maximum atomic E-state index is 13.2. The molecule has 0 rings (SSSR count). The quantitative estimate of drug-likeness (QED) is 0.0274. The Morgan fingerprint density at radius 3 is 1.62 bits per heavy atom. The van der Waals surface area contributed by atoms with Crippen LogP contribution in [0.1, 0.15) is 66.2 Å². The lowest BCUT2D eigenvalue weighted by Crippen LogP contribution is -2.63. The van der Waals surface area contributed by atoms with Gasteiger partial charge in [0, 0.05) is 6.42 Å². The van der Waals surface area contributed by atoms with E-state index in [0.717, 1.165) is 0 Å². The lowest BCUT2D eigenvalue weighted by molar-refractivity contribution is -0.138. The highest BCUT2D eigenvalue weighted by Crippen LogP contribution is 2.11. The molecule has 0 saturated heterocycles. The number of aliphatic hydroxyl groups excluding tert-OH is 2. The number of amides is 5. The van der Waals surface area contributed by atoms with Gasteiger partial charge in [-0.05, 0) is 52.0 Å². The monoisotopic (exact) mass is 604 g/mol. The van der Waals surface area contributed by atoms with Crippen LogP contribution < -0.4 is 44.0 Å². The lowest BCUT2D eigenvalue weighted by Gasteiger charge is -2.30. The summed E-state index contributed by atoms with van der Waals surface area (Å²) in [6.07, 6.45) is -1.81.